The maximum Gasteiger partial charge on any atom is 0.307 e. The van der Waals surface area contributed by atoms with Crippen molar-refractivity contribution >= 4 is 11.9 Å². The van der Waals surface area contributed by atoms with Crippen molar-refractivity contribution in [1.29, 1.82) is 5.26 Å². The quantitative estimate of drug-likeness (QED) is 0.621. The number of carboxylic acid groups (broad SMARTS) is 1. The average Bonchev–Trinajstić information content (AvgIpc) is 2.66. The van der Waals surface area contributed by atoms with Crippen molar-refractivity contribution in [1.82, 2.24) is 9.97 Å². The number of nitriles is 1. The fourth-order valence-electron chi connectivity index (χ4n) is 2.68. The average molecular weight is 360 g/mol. The molecule has 3 aromatic rings. The molecule has 0 amide bonds. The number of rotatable bonds is 6. The summed E-state index contributed by atoms with van der Waals surface area (Å²) < 4.78 is 0. The summed E-state index contributed by atoms with van der Waals surface area (Å²) in [6, 6.07) is 18.1. The maximum absolute atomic E-state index is 12.2. The van der Waals surface area contributed by atoms with E-state index in [1.807, 2.05) is 18.2 Å². The van der Waals surface area contributed by atoms with Gasteiger partial charge in [0.15, 0.2) is 0 Å². The van der Waals surface area contributed by atoms with Crippen LogP contribution in [0.3, 0.4) is 0 Å². The smallest absolute Gasteiger partial charge is 0.307 e. The van der Waals surface area contributed by atoms with Crippen LogP contribution >= 0.6 is 0 Å². The molecule has 0 spiro atoms. The largest absolute Gasteiger partial charge is 0.481 e. The van der Waals surface area contributed by atoms with Gasteiger partial charge < -0.3 is 10.4 Å². The normalized spacial score (nSPS) is 10.2. The van der Waals surface area contributed by atoms with Crippen LogP contribution in [0.2, 0.25) is 0 Å². The molecular weight excluding hydrogens is 344 g/mol. The zero-order chi connectivity index (χ0) is 19.2. The summed E-state index contributed by atoms with van der Waals surface area (Å²) in [6.45, 7) is 0.344. The van der Waals surface area contributed by atoms with Gasteiger partial charge in [-0.1, -0.05) is 54.6 Å². The molecule has 0 aliphatic rings. The van der Waals surface area contributed by atoms with Gasteiger partial charge in [0.2, 0.25) is 5.95 Å². The van der Waals surface area contributed by atoms with Crippen molar-refractivity contribution in [2.75, 3.05) is 5.32 Å². The number of hydrogen-bond acceptors (Lipinski definition) is 5. The van der Waals surface area contributed by atoms with E-state index in [9.17, 15) is 14.9 Å². The van der Waals surface area contributed by atoms with Crippen LogP contribution in [-0.2, 0) is 17.8 Å². The zero-order valence-corrected chi connectivity index (χ0v) is 14.3. The number of hydrogen-bond donors (Lipinski definition) is 3. The first kappa shape index (κ1) is 17.9. The lowest BCUT2D eigenvalue weighted by Gasteiger charge is -2.09. The molecule has 1 heterocycles. The molecule has 0 aliphatic carbocycles. The highest BCUT2D eigenvalue weighted by Crippen LogP contribution is 2.19. The minimum Gasteiger partial charge on any atom is -0.481 e. The van der Waals surface area contributed by atoms with Gasteiger partial charge in [-0.25, -0.2) is 4.98 Å². The Bertz CT molecular complexity index is 1070. The molecule has 0 aliphatic heterocycles. The van der Waals surface area contributed by atoms with E-state index in [1.54, 1.807) is 42.5 Å². The molecular formula is C20H16N4O3. The summed E-state index contributed by atoms with van der Waals surface area (Å²) in [4.78, 5) is 30.0. The van der Waals surface area contributed by atoms with Crippen molar-refractivity contribution in [3.05, 3.63) is 81.6 Å². The second-order valence-electron chi connectivity index (χ2n) is 5.86. The van der Waals surface area contributed by atoms with E-state index in [4.69, 9.17) is 5.11 Å². The van der Waals surface area contributed by atoms with Crippen LogP contribution in [0, 0.1) is 11.3 Å². The Labute approximate surface area is 155 Å². The number of H-pyrrole nitrogens is 1. The van der Waals surface area contributed by atoms with Crippen molar-refractivity contribution in [2.45, 2.75) is 13.0 Å². The molecule has 0 saturated carbocycles. The van der Waals surface area contributed by atoms with Gasteiger partial charge in [-0.2, -0.15) is 5.26 Å². The van der Waals surface area contributed by atoms with E-state index in [0.29, 0.717) is 23.4 Å². The molecule has 7 heteroatoms. The molecule has 2 aromatic carbocycles. The molecule has 0 atom stereocenters. The highest BCUT2D eigenvalue weighted by Gasteiger charge is 2.13. The highest BCUT2D eigenvalue weighted by atomic mass is 16.4. The first-order chi connectivity index (χ1) is 13.1. The van der Waals surface area contributed by atoms with Crippen LogP contribution < -0.4 is 10.9 Å². The molecule has 27 heavy (non-hydrogen) atoms. The first-order valence-corrected chi connectivity index (χ1v) is 8.20. The Kier molecular flexibility index (Phi) is 5.28. The van der Waals surface area contributed by atoms with Gasteiger partial charge in [-0.05, 0) is 11.1 Å². The Morgan fingerprint density at radius 3 is 2.59 bits per heavy atom. The lowest BCUT2D eigenvalue weighted by atomic mass is 10.1. The van der Waals surface area contributed by atoms with E-state index >= 15 is 0 Å². The lowest BCUT2D eigenvalue weighted by Crippen LogP contribution is -2.17. The molecule has 134 valence electrons. The van der Waals surface area contributed by atoms with Gasteiger partial charge in [-0.3, -0.25) is 14.6 Å². The summed E-state index contributed by atoms with van der Waals surface area (Å²) in [5.41, 5.74) is 1.95. The fourth-order valence-corrected chi connectivity index (χ4v) is 2.68. The summed E-state index contributed by atoms with van der Waals surface area (Å²) in [5.74, 6) is -0.660. The number of nitrogens with one attached hydrogen (secondary N) is 2. The van der Waals surface area contributed by atoms with Gasteiger partial charge in [0.1, 0.15) is 11.6 Å². The third kappa shape index (κ3) is 4.38. The Morgan fingerprint density at radius 2 is 1.89 bits per heavy atom. The standard InChI is InChI=1S/C20H16N4O3/c21-11-16-18(15-7-2-1-3-8-15)23-20(24-19(16)27)22-12-14-6-4-5-13(9-14)10-17(25)26/h1-9H,10,12H2,(H,25,26)(H2,22,23,24,27). The molecule has 0 bridgehead atoms. The summed E-state index contributed by atoms with van der Waals surface area (Å²) in [7, 11) is 0. The third-order valence-corrected chi connectivity index (χ3v) is 3.89. The van der Waals surface area contributed by atoms with Gasteiger partial charge >= 0.3 is 5.97 Å². The van der Waals surface area contributed by atoms with Crippen molar-refractivity contribution < 1.29 is 9.90 Å². The van der Waals surface area contributed by atoms with E-state index in [2.05, 4.69) is 15.3 Å². The van der Waals surface area contributed by atoms with Crippen LogP contribution in [-0.4, -0.2) is 21.0 Å². The summed E-state index contributed by atoms with van der Waals surface area (Å²) in [5, 5.41) is 21.2. The van der Waals surface area contributed by atoms with Gasteiger partial charge in [0.05, 0.1) is 12.1 Å². The minimum absolute atomic E-state index is 0.0461. The van der Waals surface area contributed by atoms with Crippen molar-refractivity contribution in [3.8, 4) is 17.3 Å². The second-order valence-corrected chi connectivity index (χ2v) is 5.86. The Morgan fingerprint density at radius 1 is 1.15 bits per heavy atom. The molecule has 0 saturated heterocycles. The highest BCUT2D eigenvalue weighted by molar-refractivity contribution is 5.70. The zero-order valence-electron chi connectivity index (χ0n) is 14.3. The molecule has 1 aromatic heterocycles. The topological polar surface area (TPSA) is 119 Å². The van der Waals surface area contributed by atoms with E-state index in [1.165, 1.54) is 0 Å². The maximum atomic E-state index is 12.2. The number of anilines is 1. The number of carboxylic acids is 1. The number of aromatic nitrogens is 2. The van der Waals surface area contributed by atoms with Crippen LogP contribution in [0.4, 0.5) is 5.95 Å². The molecule has 0 fully saturated rings. The molecule has 3 N–H and O–H groups in total. The van der Waals surface area contributed by atoms with Crippen LogP contribution in [0.1, 0.15) is 16.7 Å². The van der Waals surface area contributed by atoms with E-state index in [-0.39, 0.29) is 17.9 Å². The number of carbonyl (C=O) groups is 1. The van der Waals surface area contributed by atoms with Crippen LogP contribution in [0.15, 0.2) is 59.4 Å². The van der Waals surface area contributed by atoms with Crippen molar-refractivity contribution in [2.24, 2.45) is 0 Å². The predicted molar refractivity (Wildman–Crippen MR) is 100 cm³/mol. The van der Waals surface area contributed by atoms with Crippen LogP contribution in [0.5, 0.6) is 0 Å². The number of aliphatic carboxylic acids is 1. The van der Waals surface area contributed by atoms with E-state index < -0.39 is 11.5 Å². The predicted octanol–water partition coefficient (Wildman–Crippen LogP) is 2.55. The Hall–Kier alpha value is -3.92. The van der Waals surface area contributed by atoms with Gasteiger partial charge in [-0.15, -0.1) is 0 Å². The summed E-state index contributed by atoms with van der Waals surface area (Å²) >= 11 is 0. The summed E-state index contributed by atoms with van der Waals surface area (Å²) in [6.07, 6.45) is -0.0576. The Balaban J connectivity index is 1.86. The van der Waals surface area contributed by atoms with Crippen LogP contribution in [0.25, 0.3) is 11.3 Å². The fraction of sp³-hybridized carbons (Fsp3) is 0.100. The molecule has 0 unspecified atom stereocenters. The lowest BCUT2D eigenvalue weighted by molar-refractivity contribution is -0.136. The van der Waals surface area contributed by atoms with Gasteiger partial charge in [0.25, 0.3) is 5.56 Å². The SMILES string of the molecule is N#Cc1c(-c2ccccc2)nc(NCc2cccc(CC(=O)O)c2)[nH]c1=O. The number of aromatic amines is 1. The molecule has 0 radical (unpaired) electrons. The number of nitrogens with zero attached hydrogens (tertiary/aromatic N) is 2. The van der Waals surface area contributed by atoms with Crippen molar-refractivity contribution in [3.63, 3.8) is 0 Å². The number of benzene rings is 2. The minimum atomic E-state index is -0.897. The first-order valence-electron chi connectivity index (χ1n) is 8.20. The van der Waals surface area contributed by atoms with Gasteiger partial charge in [0, 0.05) is 12.1 Å². The third-order valence-electron chi connectivity index (χ3n) is 3.89. The van der Waals surface area contributed by atoms with E-state index in [0.717, 1.165) is 5.56 Å². The monoisotopic (exact) mass is 360 g/mol. The molecule has 3 rings (SSSR count). The molecule has 7 nitrogen and oxygen atoms in total. The second kappa shape index (κ2) is 7.97.